The zero-order valence-electron chi connectivity index (χ0n) is 9.16. The lowest BCUT2D eigenvalue weighted by atomic mass is 10.2. The molecule has 0 radical (unpaired) electrons. The van der Waals surface area contributed by atoms with Crippen molar-refractivity contribution in [3.63, 3.8) is 0 Å². The Morgan fingerprint density at radius 1 is 1.56 bits per heavy atom. The van der Waals surface area contributed by atoms with Gasteiger partial charge in [0.15, 0.2) is 0 Å². The summed E-state index contributed by atoms with van der Waals surface area (Å²) in [5, 5.41) is 7.63. The molecule has 1 aromatic heterocycles. The molecule has 1 rings (SSSR count). The monoisotopic (exact) mass is 263 g/mol. The number of amidine groups is 1. The minimum atomic E-state index is -0.157. The highest BCUT2D eigenvalue weighted by atomic mass is 35.5. The van der Waals surface area contributed by atoms with Crippen molar-refractivity contribution in [2.75, 3.05) is 6.61 Å². The van der Waals surface area contributed by atoms with Crippen molar-refractivity contribution < 1.29 is 4.74 Å². The second kappa shape index (κ2) is 6.55. The van der Waals surface area contributed by atoms with E-state index in [1.807, 2.05) is 13.8 Å². The van der Waals surface area contributed by atoms with Crippen LogP contribution in [0.2, 0.25) is 5.02 Å². The van der Waals surface area contributed by atoms with Crippen molar-refractivity contribution in [3.05, 3.63) is 22.8 Å². The molecule has 90 valence electrons. The molecule has 0 spiro atoms. The van der Waals surface area contributed by atoms with Gasteiger partial charge in [0.05, 0.1) is 11.6 Å². The fourth-order valence-corrected chi connectivity index (χ4v) is 1.15. The average molecular weight is 264 g/mol. The average Bonchev–Trinajstić information content (AvgIpc) is 2.16. The van der Waals surface area contributed by atoms with E-state index < -0.39 is 0 Å². The van der Waals surface area contributed by atoms with Crippen LogP contribution in [0.5, 0.6) is 5.88 Å². The summed E-state index contributed by atoms with van der Waals surface area (Å²) >= 11 is 5.82. The fraction of sp³-hybridized carbons (Fsp3) is 0.400. The van der Waals surface area contributed by atoms with Crippen molar-refractivity contribution in [3.8, 4) is 5.88 Å². The van der Waals surface area contributed by atoms with E-state index in [9.17, 15) is 0 Å². The van der Waals surface area contributed by atoms with E-state index >= 15 is 0 Å². The van der Waals surface area contributed by atoms with Gasteiger partial charge in [-0.3, -0.25) is 5.41 Å². The van der Waals surface area contributed by atoms with Crippen molar-refractivity contribution >= 4 is 29.8 Å². The van der Waals surface area contributed by atoms with Gasteiger partial charge in [0.1, 0.15) is 11.5 Å². The van der Waals surface area contributed by atoms with Gasteiger partial charge in [-0.15, -0.1) is 12.4 Å². The Kier molecular flexibility index (Phi) is 6.14. The molecule has 16 heavy (non-hydrogen) atoms. The predicted molar refractivity (Wildman–Crippen MR) is 67.8 cm³/mol. The molecule has 4 nitrogen and oxygen atoms in total. The molecule has 0 atom stereocenters. The van der Waals surface area contributed by atoms with E-state index in [0.29, 0.717) is 23.4 Å². The molecule has 0 fully saturated rings. The predicted octanol–water partition coefficient (Wildman–Crippen LogP) is 2.48. The van der Waals surface area contributed by atoms with Gasteiger partial charge in [0.25, 0.3) is 0 Å². The first kappa shape index (κ1) is 15.0. The lowest BCUT2D eigenvalue weighted by Crippen LogP contribution is -2.15. The summed E-state index contributed by atoms with van der Waals surface area (Å²) in [7, 11) is 0. The number of hydrogen-bond donors (Lipinski definition) is 2. The number of halogens is 2. The number of nitrogens with one attached hydrogen (secondary N) is 1. The third kappa shape index (κ3) is 4.24. The lowest BCUT2D eigenvalue weighted by molar-refractivity contribution is 0.261. The summed E-state index contributed by atoms with van der Waals surface area (Å²) in [6.07, 6.45) is 0. The molecule has 1 heterocycles. The molecule has 1 aromatic rings. The molecular weight excluding hydrogens is 249 g/mol. The normalized spacial score (nSPS) is 9.75. The van der Waals surface area contributed by atoms with E-state index in [-0.39, 0.29) is 23.9 Å². The molecule has 3 N–H and O–H groups in total. The molecule has 0 aliphatic carbocycles. The minimum Gasteiger partial charge on any atom is -0.477 e. The maximum atomic E-state index is 7.26. The number of pyridine rings is 1. The molecule has 0 amide bonds. The summed E-state index contributed by atoms with van der Waals surface area (Å²) in [6, 6.07) is 3.29. The van der Waals surface area contributed by atoms with Crippen LogP contribution in [0.4, 0.5) is 0 Å². The summed E-state index contributed by atoms with van der Waals surface area (Å²) in [4.78, 5) is 4.04. The van der Waals surface area contributed by atoms with Crippen LogP contribution in [-0.4, -0.2) is 17.4 Å². The van der Waals surface area contributed by atoms with Crippen LogP contribution in [0, 0.1) is 11.3 Å². The molecule has 0 aliphatic rings. The first-order valence-corrected chi connectivity index (χ1v) is 5.02. The third-order valence-electron chi connectivity index (χ3n) is 1.64. The van der Waals surface area contributed by atoms with Gasteiger partial charge in [0, 0.05) is 6.07 Å². The van der Waals surface area contributed by atoms with Gasteiger partial charge in [-0.05, 0) is 12.0 Å². The Morgan fingerprint density at radius 2 is 2.19 bits per heavy atom. The Bertz CT molecular complexity index is 369. The van der Waals surface area contributed by atoms with Crippen LogP contribution < -0.4 is 10.5 Å². The van der Waals surface area contributed by atoms with Crippen LogP contribution in [0.1, 0.15) is 19.5 Å². The van der Waals surface area contributed by atoms with Crippen molar-refractivity contribution in [1.29, 1.82) is 5.41 Å². The van der Waals surface area contributed by atoms with Gasteiger partial charge in [-0.1, -0.05) is 25.4 Å². The Hall–Kier alpha value is -1.00. The highest BCUT2D eigenvalue weighted by Crippen LogP contribution is 2.17. The van der Waals surface area contributed by atoms with E-state index in [1.54, 1.807) is 12.1 Å². The van der Waals surface area contributed by atoms with Gasteiger partial charge in [-0.25, -0.2) is 4.98 Å². The maximum Gasteiger partial charge on any atom is 0.213 e. The molecule has 0 unspecified atom stereocenters. The number of aromatic nitrogens is 1. The maximum absolute atomic E-state index is 7.26. The van der Waals surface area contributed by atoms with Gasteiger partial charge in [0.2, 0.25) is 5.88 Å². The minimum absolute atomic E-state index is 0. The number of hydrogen-bond acceptors (Lipinski definition) is 3. The zero-order valence-corrected chi connectivity index (χ0v) is 10.7. The van der Waals surface area contributed by atoms with E-state index in [0.717, 1.165) is 0 Å². The van der Waals surface area contributed by atoms with E-state index in [1.165, 1.54) is 0 Å². The third-order valence-corrected chi connectivity index (χ3v) is 1.95. The quantitative estimate of drug-likeness (QED) is 0.648. The lowest BCUT2D eigenvalue weighted by Gasteiger charge is -2.09. The number of nitrogens with two attached hydrogens (primary N) is 1. The first-order chi connectivity index (χ1) is 7.00. The van der Waals surface area contributed by atoms with Gasteiger partial charge < -0.3 is 10.5 Å². The highest BCUT2D eigenvalue weighted by molar-refractivity contribution is 6.33. The molecule has 0 bridgehead atoms. The Labute approximate surface area is 106 Å². The number of rotatable bonds is 4. The van der Waals surface area contributed by atoms with E-state index in [4.69, 9.17) is 27.5 Å². The molecule has 6 heteroatoms. The number of ether oxygens (including phenoxy) is 1. The van der Waals surface area contributed by atoms with Crippen LogP contribution in [0.25, 0.3) is 0 Å². The number of nitrogens with zero attached hydrogens (tertiary/aromatic N) is 1. The van der Waals surface area contributed by atoms with Crippen molar-refractivity contribution in [2.24, 2.45) is 11.7 Å². The first-order valence-electron chi connectivity index (χ1n) is 4.64. The molecule has 0 aromatic carbocycles. The molecule has 0 aliphatic heterocycles. The Balaban J connectivity index is 0.00000225. The van der Waals surface area contributed by atoms with Gasteiger partial charge >= 0.3 is 0 Å². The SMILES string of the molecule is CC(C)COc1ccc(Cl)c(C(=N)N)n1.Cl. The molecule has 0 saturated carbocycles. The van der Waals surface area contributed by atoms with Gasteiger partial charge in [-0.2, -0.15) is 0 Å². The summed E-state index contributed by atoms with van der Waals surface area (Å²) in [5.74, 6) is 0.705. The van der Waals surface area contributed by atoms with Crippen LogP contribution >= 0.6 is 24.0 Å². The largest absolute Gasteiger partial charge is 0.477 e. The topological polar surface area (TPSA) is 72.0 Å². The smallest absolute Gasteiger partial charge is 0.213 e. The Morgan fingerprint density at radius 3 is 2.69 bits per heavy atom. The van der Waals surface area contributed by atoms with Crippen LogP contribution in [0.15, 0.2) is 12.1 Å². The second-order valence-electron chi connectivity index (χ2n) is 3.60. The van der Waals surface area contributed by atoms with Crippen LogP contribution in [-0.2, 0) is 0 Å². The molecule has 0 saturated heterocycles. The molecular formula is C10H15Cl2N3O. The summed E-state index contributed by atoms with van der Waals surface area (Å²) < 4.78 is 5.39. The number of nitrogen functional groups attached to an aromatic ring is 1. The standard InChI is InChI=1S/C10H14ClN3O.ClH/c1-6(2)5-15-8-4-3-7(11)9(14-8)10(12)13;/h3-4,6H,5H2,1-2H3,(H3,12,13);1H. The summed E-state index contributed by atoms with van der Waals surface area (Å²) in [5.41, 5.74) is 5.58. The summed E-state index contributed by atoms with van der Waals surface area (Å²) in [6.45, 7) is 4.66. The van der Waals surface area contributed by atoms with Crippen molar-refractivity contribution in [2.45, 2.75) is 13.8 Å². The zero-order chi connectivity index (χ0) is 11.4. The van der Waals surface area contributed by atoms with E-state index in [2.05, 4.69) is 4.98 Å². The second-order valence-corrected chi connectivity index (χ2v) is 4.01. The highest BCUT2D eigenvalue weighted by Gasteiger charge is 2.07. The van der Waals surface area contributed by atoms with Crippen molar-refractivity contribution in [1.82, 2.24) is 4.98 Å². The fourth-order valence-electron chi connectivity index (χ4n) is 0.946. The van der Waals surface area contributed by atoms with Crippen LogP contribution in [0.3, 0.4) is 0 Å².